The van der Waals surface area contributed by atoms with Gasteiger partial charge in [0.05, 0.1) is 37.1 Å². The van der Waals surface area contributed by atoms with Gasteiger partial charge in [-0.1, -0.05) is 62.2 Å². The summed E-state index contributed by atoms with van der Waals surface area (Å²) in [6, 6.07) is 9.62. The highest BCUT2D eigenvalue weighted by molar-refractivity contribution is 6.30. The summed E-state index contributed by atoms with van der Waals surface area (Å²) in [4.78, 5) is 26.7. The predicted molar refractivity (Wildman–Crippen MR) is 167 cm³/mol. The molecule has 11 heteroatoms. The van der Waals surface area contributed by atoms with E-state index < -0.39 is 47.0 Å². The first kappa shape index (κ1) is 33.5. The number of carbonyl (C=O) groups excluding carboxylic acids is 2. The molecule has 2 N–H and O–H groups in total. The van der Waals surface area contributed by atoms with Crippen molar-refractivity contribution < 1.29 is 28.2 Å². The largest absolute Gasteiger partial charge is 0.495 e. The van der Waals surface area contributed by atoms with E-state index in [-0.39, 0.29) is 40.5 Å². The van der Waals surface area contributed by atoms with Crippen molar-refractivity contribution in [1.82, 2.24) is 5.32 Å². The van der Waals surface area contributed by atoms with Gasteiger partial charge in [0.1, 0.15) is 23.6 Å². The molecule has 5 atom stereocenters. The van der Waals surface area contributed by atoms with E-state index in [4.69, 9.17) is 37.4 Å². The number of carbonyl (C=O) groups is 2. The molecule has 1 fully saturated rings. The standard InChI is InChI=1S/C33H36Cl2FN3O5/c1-32(2,3)17-27-33(18-37,22-11-10-20(34)16-24(22)36)28(21-7-6-8-23(21)35)29(39-27)30(40)38-25-12-9-19(15-26(25)43-5)31(41)44-14-13-42-4/h6-12,15-16,21,27-29,39H,13-14,17H2,1-5H3,(H,38,40)/t21?,27?,28?,29-,33+/m1/s1. The van der Waals surface area contributed by atoms with Crippen molar-refractivity contribution in [1.29, 1.82) is 5.26 Å². The van der Waals surface area contributed by atoms with Gasteiger partial charge in [-0.05, 0) is 48.2 Å². The fourth-order valence-corrected chi connectivity index (χ4v) is 6.55. The van der Waals surface area contributed by atoms with E-state index in [9.17, 15) is 14.9 Å². The Hall–Kier alpha value is -3.42. The van der Waals surface area contributed by atoms with Crippen LogP contribution in [0.1, 0.15) is 43.1 Å². The maximum atomic E-state index is 15.8. The monoisotopic (exact) mass is 643 g/mol. The molecule has 4 rings (SSSR count). The molecule has 3 unspecified atom stereocenters. The van der Waals surface area contributed by atoms with Gasteiger partial charge >= 0.3 is 5.97 Å². The van der Waals surface area contributed by atoms with E-state index in [1.165, 1.54) is 38.5 Å². The quantitative estimate of drug-likeness (QED) is 0.228. The molecule has 2 aromatic carbocycles. The fraction of sp³-hybridized carbons (Fsp3) is 0.424. The number of nitrogens with one attached hydrogen (secondary N) is 2. The van der Waals surface area contributed by atoms with Crippen LogP contribution in [0.4, 0.5) is 10.1 Å². The molecular formula is C33H36Cl2FN3O5. The van der Waals surface area contributed by atoms with Gasteiger partial charge in [0.15, 0.2) is 0 Å². The highest BCUT2D eigenvalue weighted by atomic mass is 35.5. The summed E-state index contributed by atoms with van der Waals surface area (Å²) >= 11 is 12.8. The lowest BCUT2D eigenvalue weighted by atomic mass is 9.61. The van der Waals surface area contributed by atoms with Gasteiger partial charge in [0.2, 0.25) is 5.91 Å². The van der Waals surface area contributed by atoms with Crippen LogP contribution in [0.25, 0.3) is 0 Å². The lowest BCUT2D eigenvalue weighted by Gasteiger charge is -2.39. The van der Waals surface area contributed by atoms with Crippen LogP contribution >= 0.6 is 23.2 Å². The van der Waals surface area contributed by atoms with Crippen LogP contribution < -0.4 is 15.4 Å². The highest BCUT2D eigenvalue weighted by Crippen LogP contribution is 2.53. The lowest BCUT2D eigenvalue weighted by Crippen LogP contribution is -2.47. The number of allylic oxidation sites excluding steroid dienone is 4. The minimum absolute atomic E-state index is 0.0854. The third kappa shape index (κ3) is 6.79. The predicted octanol–water partition coefficient (Wildman–Crippen LogP) is 6.39. The molecular weight excluding hydrogens is 608 g/mol. The summed E-state index contributed by atoms with van der Waals surface area (Å²) in [5.41, 5.74) is -1.12. The Balaban J connectivity index is 1.77. The molecule has 0 spiro atoms. The van der Waals surface area contributed by atoms with Crippen molar-refractivity contribution in [3.05, 3.63) is 81.6 Å². The topological polar surface area (TPSA) is 110 Å². The summed E-state index contributed by atoms with van der Waals surface area (Å²) in [5, 5.41) is 17.9. The number of nitrogens with zero attached hydrogens (tertiary/aromatic N) is 1. The number of anilines is 1. The lowest BCUT2D eigenvalue weighted by molar-refractivity contribution is -0.119. The molecule has 0 aromatic heterocycles. The Kier molecular flexibility index (Phi) is 10.4. The molecule has 1 heterocycles. The van der Waals surface area contributed by atoms with Crippen LogP contribution in [0.3, 0.4) is 0 Å². The van der Waals surface area contributed by atoms with Gasteiger partial charge in [-0.3, -0.25) is 4.79 Å². The third-order valence-electron chi connectivity index (χ3n) is 7.97. The zero-order valence-corrected chi connectivity index (χ0v) is 26.8. The molecule has 2 aliphatic rings. The Bertz CT molecular complexity index is 1520. The maximum absolute atomic E-state index is 15.8. The summed E-state index contributed by atoms with van der Waals surface area (Å²) in [6.07, 6.45) is 5.77. The van der Waals surface area contributed by atoms with Crippen molar-refractivity contribution >= 4 is 40.8 Å². The number of nitriles is 1. The maximum Gasteiger partial charge on any atom is 0.338 e. The summed E-state index contributed by atoms with van der Waals surface area (Å²) < 4.78 is 31.4. The SMILES string of the molecule is COCCOC(=O)c1ccc(NC(=O)[C@@H]2NC(CC(C)(C)C)[C@](C#N)(c3ccc(Cl)cc3F)C2C2C=CC=C2Cl)c(OC)c1. The van der Waals surface area contributed by atoms with Crippen molar-refractivity contribution in [2.75, 3.05) is 32.8 Å². The van der Waals surface area contributed by atoms with Crippen LogP contribution in [0, 0.1) is 34.4 Å². The van der Waals surface area contributed by atoms with Gasteiger partial charge in [-0.25, -0.2) is 9.18 Å². The summed E-state index contributed by atoms with van der Waals surface area (Å²) in [7, 11) is 2.92. The average Bonchev–Trinajstić information content (AvgIpc) is 3.52. The molecule has 1 aliphatic carbocycles. The normalized spacial score (nSPS) is 24.5. The van der Waals surface area contributed by atoms with E-state index >= 15 is 4.39 Å². The number of methoxy groups -OCH3 is 2. The van der Waals surface area contributed by atoms with Crippen molar-refractivity contribution in [3.63, 3.8) is 0 Å². The molecule has 0 bridgehead atoms. The number of esters is 1. The minimum Gasteiger partial charge on any atom is -0.495 e. The second kappa shape index (κ2) is 13.7. The first-order valence-electron chi connectivity index (χ1n) is 14.2. The fourth-order valence-electron chi connectivity index (χ4n) is 6.11. The van der Waals surface area contributed by atoms with Crippen molar-refractivity contribution in [2.24, 2.45) is 17.3 Å². The van der Waals surface area contributed by atoms with Gasteiger partial charge in [-0.2, -0.15) is 5.26 Å². The molecule has 234 valence electrons. The Morgan fingerprint density at radius 1 is 1.14 bits per heavy atom. The Morgan fingerprint density at radius 3 is 2.48 bits per heavy atom. The van der Waals surface area contributed by atoms with Gasteiger partial charge in [0.25, 0.3) is 0 Å². The first-order valence-corrected chi connectivity index (χ1v) is 14.9. The van der Waals surface area contributed by atoms with E-state index in [0.29, 0.717) is 17.1 Å². The van der Waals surface area contributed by atoms with Crippen molar-refractivity contribution in [3.8, 4) is 11.8 Å². The molecule has 1 saturated heterocycles. The van der Waals surface area contributed by atoms with E-state index in [1.807, 2.05) is 26.8 Å². The summed E-state index contributed by atoms with van der Waals surface area (Å²) in [5.74, 6) is -2.81. The number of hydrogen-bond donors (Lipinski definition) is 2. The van der Waals surface area contributed by atoms with Gasteiger partial charge in [-0.15, -0.1) is 0 Å². The zero-order valence-electron chi connectivity index (χ0n) is 25.2. The zero-order chi connectivity index (χ0) is 32.2. The highest BCUT2D eigenvalue weighted by Gasteiger charge is 2.62. The van der Waals surface area contributed by atoms with Gasteiger partial charge < -0.3 is 24.8 Å². The van der Waals surface area contributed by atoms with Gasteiger partial charge in [0, 0.05) is 40.6 Å². The van der Waals surface area contributed by atoms with Crippen LogP contribution in [-0.4, -0.2) is 51.4 Å². The van der Waals surface area contributed by atoms with Crippen LogP contribution in [0.15, 0.2) is 59.7 Å². The third-order valence-corrected chi connectivity index (χ3v) is 8.58. The van der Waals surface area contributed by atoms with E-state index in [1.54, 1.807) is 24.3 Å². The molecule has 8 nitrogen and oxygen atoms in total. The molecule has 44 heavy (non-hydrogen) atoms. The molecule has 0 radical (unpaired) electrons. The number of hydrogen-bond acceptors (Lipinski definition) is 7. The van der Waals surface area contributed by atoms with E-state index in [0.717, 1.165) is 0 Å². The number of benzene rings is 2. The molecule has 0 saturated carbocycles. The second-order valence-corrected chi connectivity index (χ2v) is 13.0. The molecule has 1 aliphatic heterocycles. The number of rotatable bonds is 10. The molecule has 1 amide bonds. The Morgan fingerprint density at radius 2 is 1.89 bits per heavy atom. The molecule has 2 aromatic rings. The number of amides is 1. The Labute approximate surface area is 267 Å². The van der Waals surface area contributed by atoms with Crippen LogP contribution in [-0.2, 0) is 19.7 Å². The van der Waals surface area contributed by atoms with E-state index in [2.05, 4.69) is 16.7 Å². The second-order valence-electron chi connectivity index (χ2n) is 12.1. The van der Waals surface area contributed by atoms with Crippen molar-refractivity contribution in [2.45, 2.75) is 44.7 Å². The minimum atomic E-state index is -1.50. The number of ether oxygens (including phenoxy) is 3. The van der Waals surface area contributed by atoms with Crippen LogP contribution in [0.5, 0.6) is 5.75 Å². The van der Waals surface area contributed by atoms with Crippen LogP contribution in [0.2, 0.25) is 5.02 Å². The number of halogens is 3. The first-order chi connectivity index (χ1) is 20.9. The smallest absolute Gasteiger partial charge is 0.338 e. The summed E-state index contributed by atoms with van der Waals surface area (Å²) in [6.45, 7) is 6.40. The average molecular weight is 645 g/mol.